The highest BCUT2D eigenvalue weighted by Gasteiger charge is 2.32. The summed E-state index contributed by atoms with van der Waals surface area (Å²) >= 11 is 0. The number of amides is 2. The van der Waals surface area contributed by atoms with Crippen LogP contribution in [0.1, 0.15) is 18.5 Å². The van der Waals surface area contributed by atoms with Crippen molar-refractivity contribution in [1.82, 2.24) is 9.97 Å². The van der Waals surface area contributed by atoms with Crippen LogP contribution in [0.5, 0.6) is 5.75 Å². The highest BCUT2D eigenvalue weighted by Crippen LogP contribution is 2.30. The number of urea groups is 1. The van der Waals surface area contributed by atoms with E-state index < -0.39 is 18.1 Å². The zero-order valence-electron chi connectivity index (χ0n) is 18.3. The van der Waals surface area contributed by atoms with Crippen LogP contribution in [0.4, 0.5) is 46.8 Å². The molecule has 34 heavy (non-hydrogen) atoms. The van der Waals surface area contributed by atoms with Gasteiger partial charge in [-0.3, -0.25) is 0 Å². The average Bonchev–Trinajstić information content (AvgIpc) is 3.30. The first-order chi connectivity index (χ1) is 16.2. The number of ether oxygens (including phenoxy) is 1. The van der Waals surface area contributed by atoms with Crippen molar-refractivity contribution < 1.29 is 22.7 Å². The molecule has 0 spiro atoms. The van der Waals surface area contributed by atoms with Gasteiger partial charge in [0.2, 0.25) is 5.95 Å². The van der Waals surface area contributed by atoms with Gasteiger partial charge < -0.3 is 25.6 Å². The van der Waals surface area contributed by atoms with Gasteiger partial charge in [0, 0.05) is 36.2 Å². The molecule has 8 nitrogen and oxygen atoms in total. The number of nitrogens with zero attached hydrogens (tertiary/aromatic N) is 3. The number of aryl methyl sites for hydroxylation is 1. The van der Waals surface area contributed by atoms with E-state index in [1.54, 1.807) is 24.3 Å². The van der Waals surface area contributed by atoms with Gasteiger partial charge in [0.25, 0.3) is 0 Å². The Labute approximate surface area is 194 Å². The first-order valence-corrected chi connectivity index (χ1v) is 10.7. The van der Waals surface area contributed by atoms with Gasteiger partial charge in [0.15, 0.2) is 5.75 Å². The fourth-order valence-corrected chi connectivity index (χ4v) is 3.55. The Morgan fingerprint density at radius 2 is 1.65 bits per heavy atom. The second-order valence-electron chi connectivity index (χ2n) is 7.71. The molecule has 1 saturated heterocycles. The predicted molar refractivity (Wildman–Crippen MR) is 124 cm³/mol. The Morgan fingerprint density at radius 3 is 2.35 bits per heavy atom. The highest BCUT2D eigenvalue weighted by atomic mass is 19.4. The van der Waals surface area contributed by atoms with Gasteiger partial charge in [-0.2, -0.15) is 4.98 Å². The molecule has 178 valence electrons. The first kappa shape index (κ1) is 23.1. The molecule has 4 rings (SSSR count). The van der Waals surface area contributed by atoms with E-state index in [4.69, 9.17) is 0 Å². The van der Waals surface area contributed by atoms with Crippen molar-refractivity contribution >= 4 is 34.9 Å². The lowest BCUT2D eigenvalue weighted by Gasteiger charge is -2.17. The third-order valence-electron chi connectivity index (χ3n) is 5.03. The van der Waals surface area contributed by atoms with Crippen LogP contribution >= 0.6 is 0 Å². The molecule has 0 atom stereocenters. The molecule has 3 N–H and O–H groups in total. The SMILES string of the molecule is Cc1cc(N2CCCC2)nc(Nc2ccc(NC(=O)Nc3ccccc3OC(F)(F)F)cc2)n1. The Kier molecular flexibility index (Phi) is 6.71. The van der Waals surface area contributed by atoms with Crippen molar-refractivity contribution in [1.29, 1.82) is 0 Å². The molecule has 1 aromatic heterocycles. The van der Waals surface area contributed by atoms with E-state index in [1.807, 2.05) is 13.0 Å². The summed E-state index contributed by atoms with van der Waals surface area (Å²) in [6.45, 7) is 3.87. The van der Waals surface area contributed by atoms with Gasteiger partial charge in [-0.25, -0.2) is 9.78 Å². The standard InChI is InChI=1S/C23H23F3N6O2/c1-15-14-20(32-12-4-5-13-32)31-21(27-15)28-16-8-10-17(11-9-16)29-22(33)30-18-6-2-3-7-19(18)34-23(24,25)26/h2-3,6-11,14H,4-5,12-13H2,1H3,(H,27,28,31)(H2,29,30,33). The third kappa shape index (κ3) is 6.27. The number of aromatic nitrogens is 2. The lowest BCUT2D eigenvalue weighted by molar-refractivity contribution is -0.274. The van der Waals surface area contributed by atoms with Gasteiger partial charge in [0.05, 0.1) is 5.69 Å². The lowest BCUT2D eigenvalue weighted by atomic mass is 10.2. The van der Waals surface area contributed by atoms with Gasteiger partial charge in [-0.05, 0) is 56.2 Å². The van der Waals surface area contributed by atoms with E-state index in [2.05, 4.69) is 35.6 Å². The van der Waals surface area contributed by atoms with Crippen LogP contribution in [0.2, 0.25) is 0 Å². The summed E-state index contributed by atoms with van der Waals surface area (Å²) in [5.41, 5.74) is 1.90. The zero-order chi connectivity index (χ0) is 24.1. The van der Waals surface area contributed by atoms with Crippen molar-refractivity contribution in [3.63, 3.8) is 0 Å². The highest BCUT2D eigenvalue weighted by molar-refractivity contribution is 6.00. The third-order valence-corrected chi connectivity index (χ3v) is 5.03. The number of rotatable bonds is 6. The summed E-state index contributed by atoms with van der Waals surface area (Å²) in [7, 11) is 0. The maximum atomic E-state index is 12.6. The van der Waals surface area contributed by atoms with Crippen molar-refractivity contribution in [2.24, 2.45) is 0 Å². The summed E-state index contributed by atoms with van der Waals surface area (Å²) in [5, 5.41) is 8.09. The largest absolute Gasteiger partial charge is 0.573 e. The summed E-state index contributed by atoms with van der Waals surface area (Å²) in [6.07, 6.45) is -2.57. The van der Waals surface area contributed by atoms with E-state index in [1.165, 1.54) is 18.2 Å². The molecule has 3 aromatic rings. The number of alkyl halides is 3. The molecule has 2 heterocycles. The molecular weight excluding hydrogens is 449 g/mol. The normalized spacial score (nSPS) is 13.5. The number of carbonyl (C=O) groups excluding carboxylic acids is 1. The number of nitrogens with one attached hydrogen (secondary N) is 3. The summed E-state index contributed by atoms with van der Waals surface area (Å²) < 4.78 is 41.6. The number of halogens is 3. The Hall–Kier alpha value is -4.02. The van der Waals surface area contributed by atoms with Crippen LogP contribution in [-0.2, 0) is 0 Å². The van der Waals surface area contributed by atoms with Crippen molar-refractivity contribution in [2.45, 2.75) is 26.1 Å². The van der Waals surface area contributed by atoms with Crippen LogP contribution in [0.3, 0.4) is 0 Å². The van der Waals surface area contributed by atoms with Crippen molar-refractivity contribution in [3.05, 3.63) is 60.3 Å². The summed E-state index contributed by atoms with van der Waals surface area (Å²) in [4.78, 5) is 23.5. The van der Waals surface area contributed by atoms with Crippen LogP contribution < -0.4 is 25.6 Å². The molecular formula is C23H23F3N6O2. The van der Waals surface area contributed by atoms with Crippen LogP contribution in [0.15, 0.2) is 54.6 Å². The van der Waals surface area contributed by atoms with Crippen LogP contribution in [-0.4, -0.2) is 35.5 Å². The zero-order valence-corrected chi connectivity index (χ0v) is 18.3. The number of benzene rings is 2. The van der Waals surface area contributed by atoms with Gasteiger partial charge >= 0.3 is 12.4 Å². The molecule has 2 aromatic carbocycles. The minimum absolute atomic E-state index is 0.110. The molecule has 0 radical (unpaired) electrons. The van der Waals surface area contributed by atoms with E-state index in [0.717, 1.165) is 43.5 Å². The van der Waals surface area contributed by atoms with E-state index >= 15 is 0 Å². The van der Waals surface area contributed by atoms with Gasteiger partial charge in [0.1, 0.15) is 5.82 Å². The first-order valence-electron chi connectivity index (χ1n) is 10.7. The maximum Gasteiger partial charge on any atom is 0.573 e. The number of carbonyl (C=O) groups is 1. The van der Waals surface area contributed by atoms with Crippen molar-refractivity contribution in [2.75, 3.05) is 33.9 Å². The topological polar surface area (TPSA) is 91.4 Å². The number of hydrogen-bond donors (Lipinski definition) is 3. The predicted octanol–water partition coefficient (Wildman–Crippen LogP) is 5.67. The van der Waals surface area contributed by atoms with E-state index in [-0.39, 0.29) is 5.69 Å². The summed E-state index contributed by atoms with van der Waals surface area (Å²) in [5.74, 6) is 0.856. The smallest absolute Gasteiger partial charge is 0.404 e. The monoisotopic (exact) mass is 472 g/mol. The maximum absolute atomic E-state index is 12.6. The second kappa shape index (κ2) is 9.86. The van der Waals surface area contributed by atoms with Crippen molar-refractivity contribution in [3.8, 4) is 5.75 Å². The Bertz CT molecular complexity index is 1150. The minimum atomic E-state index is -4.87. The van der Waals surface area contributed by atoms with Gasteiger partial charge in [-0.15, -0.1) is 13.2 Å². The molecule has 0 aliphatic carbocycles. The lowest BCUT2D eigenvalue weighted by Crippen LogP contribution is -2.22. The van der Waals surface area contributed by atoms with Gasteiger partial charge in [-0.1, -0.05) is 12.1 Å². The molecule has 1 aliphatic rings. The molecule has 11 heteroatoms. The summed E-state index contributed by atoms with van der Waals surface area (Å²) in [6, 6.07) is 13.3. The van der Waals surface area contributed by atoms with Crippen LogP contribution in [0, 0.1) is 6.92 Å². The fraction of sp³-hybridized carbons (Fsp3) is 0.261. The Morgan fingerprint density at radius 1 is 0.971 bits per heavy atom. The van der Waals surface area contributed by atoms with Crippen LogP contribution in [0.25, 0.3) is 0 Å². The molecule has 0 unspecified atom stereocenters. The number of anilines is 5. The van der Waals surface area contributed by atoms with E-state index in [9.17, 15) is 18.0 Å². The second-order valence-corrected chi connectivity index (χ2v) is 7.71. The molecule has 0 saturated carbocycles. The molecule has 1 fully saturated rings. The number of para-hydroxylation sites is 2. The minimum Gasteiger partial charge on any atom is -0.404 e. The molecule has 2 amide bonds. The van der Waals surface area contributed by atoms with E-state index in [0.29, 0.717) is 17.3 Å². The molecule has 0 bridgehead atoms. The Balaban J connectivity index is 1.38. The average molecular weight is 472 g/mol. The molecule has 1 aliphatic heterocycles. The fourth-order valence-electron chi connectivity index (χ4n) is 3.55. The quantitative estimate of drug-likeness (QED) is 0.428. The number of hydrogen-bond acceptors (Lipinski definition) is 6.